The molecule has 0 bridgehead atoms. The normalized spacial score (nSPS) is 13.6. The molecule has 0 aromatic heterocycles. The number of hydrogen-bond donors (Lipinski definition) is 7. The Balaban J connectivity index is 0.00000136. The highest BCUT2D eigenvalue weighted by Gasteiger charge is 2.26. The minimum Gasteiger partial charge on any atom is -0.481 e. The minimum atomic E-state index is -1.03. The third-order valence-corrected chi connectivity index (χ3v) is 9.03. The lowest BCUT2D eigenvalue weighted by atomic mass is 9.96. The van der Waals surface area contributed by atoms with Gasteiger partial charge in [-0.15, -0.1) is 0 Å². The number of nitrogens with one attached hydrogen (secondary N) is 3. The number of carboxylic acid groups (broad SMARTS) is 4. The molecule has 1 aliphatic rings. The molecule has 0 saturated heterocycles. The van der Waals surface area contributed by atoms with Crippen LogP contribution in [0.2, 0.25) is 0 Å². The van der Waals surface area contributed by atoms with E-state index in [0.29, 0.717) is 67.7 Å². The maximum atomic E-state index is 14.2. The Bertz CT molecular complexity index is 1440. The van der Waals surface area contributed by atoms with E-state index >= 15 is 0 Å². The predicted octanol–water partition coefficient (Wildman–Crippen LogP) is 5.56. The zero-order valence-electron chi connectivity index (χ0n) is 35.0. The third kappa shape index (κ3) is 26.0. The molecule has 0 radical (unpaired) electrons. The van der Waals surface area contributed by atoms with Gasteiger partial charge in [0.25, 0.3) is 0 Å². The van der Waals surface area contributed by atoms with Crippen LogP contribution < -0.4 is 16.2 Å². The Hall–Kier alpha value is -4.64. The first kappa shape index (κ1) is 52.4. The second-order valence-electron chi connectivity index (χ2n) is 14.4. The highest BCUT2D eigenvalue weighted by molar-refractivity contribution is 6.01. The van der Waals surface area contributed by atoms with Crippen molar-refractivity contribution in [2.24, 2.45) is 22.0 Å². The number of halogens is 1. The first-order chi connectivity index (χ1) is 26.9. The molecule has 1 heterocycles. The van der Waals surface area contributed by atoms with Crippen molar-refractivity contribution >= 4 is 41.5 Å². The van der Waals surface area contributed by atoms with Crippen LogP contribution >= 0.6 is 0 Å². The first-order valence-electron chi connectivity index (χ1n) is 20.0. The Morgan fingerprint density at radius 1 is 0.789 bits per heavy atom. The van der Waals surface area contributed by atoms with Gasteiger partial charge in [0.2, 0.25) is 5.91 Å². The van der Waals surface area contributed by atoms with Crippen LogP contribution in [0.4, 0.5) is 4.39 Å². The highest BCUT2D eigenvalue weighted by Crippen LogP contribution is 2.17. The van der Waals surface area contributed by atoms with Crippen LogP contribution in [0.3, 0.4) is 0 Å². The van der Waals surface area contributed by atoms with Crippen molar-refractivity contribution in [2.75, 3.05) is 32.7 Å². The number of aliphatic carboxylic acids is 4. The molecule has 0 spiro atoms. The van der Waals surface area contributed by atoms with E-state index in [2.05, 4.69) is 40.2 Å². The van der Waals surface area contributed by atoms with Crippen LogP contribution in [0.1, 0.15) is 130 Å². The second kappa shape index (κ2) is 30.5. The Morgan fingerprint density at radius 3 is 1.93 bits per heavy atom. The smallest absolute Gasteiger partial charge is 0.320 e. The van der Waals surface area contributed by atoms with Gasteiger partial charge in [-0.3, -0.25) is 44.6 Å². The van der Waals surface area contributed by atoms with Gasteiger partial charge in [-0.25, -0.2) is 4.39 Å². The first-order valence-corrected chi connectivity index (χ1v) is 20.0. The van der Waals surface area contributed by atoms with E-state index in [1.54, 1.807) is 29.7 Å². The summed E-state index contributed by atoms with van der Waals surface area (Å²) in [7, 11) is 0. The molecular weight excluding hydrogens is 741 g/mol. The van der Waals surface area contributed by atoms with E-state index in [4.69, 9.17) is 15.3 Å². The lowest BCUT2D eigenvalue weighted by Gasteiger charge is -2.31. The number of hydrogen-bond acceptors (Lipinski definition) is 11. The number of benzene rings is 1. The molecule has 3 atom stereocenters. The average molecular weight is 810 g/mol. The number of unbranched alkanes of at least 4 members (excludes halogenated alkanes) is 1. The monoisotopic (exact) mass is 810 g/mol. The Kier molecular flexibility index (Phi) is 28.0. The van der Waals surface area contributed by atoms with Crippen LogP contribution in [-0.2, 0) is 30.5 Å². The van der Waals surface area contributed by atoms with E-state index in [9.17, 15) is 33.5 Å². The van der Waals surface area contributed by atoms with Crippen molar-refractivity contribution in [3.63, 3.8) is 0 Å². The summed E-state index contributed by atoms with van der Waals surface area (Å²) < 4.78 is 14.2. The molecule has 1 amide bonds. The molecule has 0 fully saturated rings. The van der Waals surface area contributed by atoms with E-state index in [0.717, 1.165) is 18.8 Å². The van der Waals surface area contributed by atoms with Gasteiger partial charge in [-0.2, -0.15) is 10.2 Å². The van der Waals surface area contributed by atoms with Crippen LogP contribution in [0.5, 0.6) is 0 Å². The number of nitrogens with zero attached hydrogens (tertiary/aromatic N) is 4. The summed E-state index contributed by atoms with van der Waals surface area (Å²) >= 11 is 0. The molecule has 57 heavy (non-hydrogen) atoms. The number of carboxylic acids is 4. The van der Waals surface area contributed by atoms with Gasteiger partial charge in [0.05, 0.1) is 6.54 Å². The molecule has 7 N–H and O–H groups in total. The zero-order chi connectivity index (χ0) is 43.3. The number of carbonyl (C=O) groups is 5. The van der Waals surface area contributed by atoms with Crippen molar-refractivity contribution in [1.82, 2.24) is 26.0 Å². The van der Waals surface area contributed by atoms with Crippen LogP contribution in [-0.4, -0.2) is 110 Å². The molecule has 1 aliphatic heterocycles. The van der Waals surface area contributed by atoms with Crippen molar-refractivity contribution in [1.29, 1.82) is 0 Å². The molecule has 2 rings (SSSR count). The summed E-state index contributed by atoms with van der Waals surface area (Å²) in [6, 6.07) is 3.39. The minimum absolute atomic E-state index is 0.0284. The molecule has 324 valence electrons. The Labute approximate surface area is 337 Å². The van der Waals surface area contributed by atoms with Crippen molar-refractivity contribution in [2.45, 2.75) is 132 Å². The second-order valence-corrected chi connectivity index (χ2v) is 14.4. The van der Waals surface area contributed by atoms with E-state index in [1.165, 1.54) is 37.8 Å². The number of amides is 1. The quantitative estimate of drug-likeness (QED) is 0.0569. The predicted molar refractivity (Wildman–Crippen MR) is 218 cm³/mol. The molecular formula is C40H68FN7O9. The van der Waals surface area contributed by atoms with Gasteiger partial charge in [0.15, 0.2) is 5.84 Å². The molecule has 0 saturated carbocycles. The van der Waals surface area contributed by atoms with E-state index in [1.807, 2.05) is 20.8 Å². The molecule has 3 unspecified atom stereocenters. The van der Waals surface area contributed by atoms with Gasteiger partial charge in [0.1, 0.15) is 17.7 Å². The fourth-order valence-corrected chi connectivity index (χ4v) is 5.71. The maximum Gasteiger partial charge on any atom is 0.320 e. The van der Waals surface area contributed by atoms with Gasteiger partial charge in [-0.1, -0.05) is 73.6 Å². The lowest BCUT2D eigenvalue weighted by Crippen LogP contribution is -2.46. The Morgan fingerprint density at radius 2 is 1.42 bits per heavy atom. The third-order valence-electron chi connectivity index (χ3n) is 9.03. The number of carbonyl (C=O) groups excluding carboxylic acids is 1. The highest BCUT2D eigenvalue weighted by atomic mass is 19.1. The largest absolute Gasteiger partial charge is 0.481 e. The number of amidine groups is 2. The average Bonchev–Trinajstić information content (AvgIpc) is 3.14. The van der Waals surface area contributed by atoms with Crippen LogP contribution in [0.25, 0.3) is 0 Å². The molecule has 1 aromatic rings. The van der Waals surface area contributed by atoms with Gasteiger partial charge < -0.3 is 25.7 Å². The summed E-state index contributed by atoms with van der Waals surface area (Å²) in [6.07, 6.45) is 8.13. The van der Waals surface area contributed by atoms with Crippen LogP contribution in [0.15, 0.2) is 28.4 Å². The summed E-state index contributed by atoms with van der Waals surface area (Å²) in [4.78, 5) is 59.1. The summed E-state index contributed by atoms with van der Waals surface area (Å²) in [5.41, 5.74) is 6.41. The zero-order valence-corrected chi connectivity index (χ0v) is 35.0. The van der Waals surface area contributed by atoms with Crippen molar-refractivity contribution in [3.8, 4) is 0 Å². The fourth-order valence-electron chi connectivity index (χ4n) is 5.71. The summed E-state index contributed by atoms with van der Waals surface area (Å²) in [5, 5.41) is 46.1. The number of rotatable bonds is 26. The SMILES string of the molecule is CCC(=O)O.CCC(C)CCCCC(C)CC(=O)O.CCCN(CCN(CCC)C(CCC(=O)NCc1cc(F)cc(C2=NNC(C)=NN2)c1)C(=O)O)CC(=O)O. The van der Waals surface area contributed by atoms with Crippen molar-refractivity contribution in [3.05, 3.63) is 35.1 Å². The van der Waals surface area contributed by atoms with Gasteiger partial charge >= 0.3 is 23.9 Å². The fraction of sp³-hybridized carbons (Fsp3) is 0.675. The molecule has 1 aromatic carbocycles. The standard InChI is InChI=1S/C25H38FN7O5.C12H24O2.C3H6O2/c1-4-8-32(16-23(35)36)10-11-33(9-5-2)21(25(37)38)6-7-22(34)27-15-18-12-19(14-20(26)13-18)24-30-28-17(3)29-31-24;1-4-10(2)7-5-6-8-11(3)9-12(13)14;1-2-3(4)5/h12-14,21H,4-11,15-16H2,1-3H3,(H,27,34)(H,28,29)(H,30,31)(H,35,36)(H,37,38);10-11H,4-9H2,1-3H3,(H,13,14);2H2,1H3,(H,4,5). The van der Waals surface area contributed by atoms with Gasteiger partial charge in [-0.05, 0) is 74.9 Å². The van der Waals surface area contributed by atoms with E-state index in [-0.39, 0.29) is 38.3 Å². The van der Waals surface area contributed by atoms with Gasteiger partial charge in [0, 0.05) is 44.5 Å². The molecule has 0 aliphatic carbocycles. The maximum absolute atomic E-state index is 14.2. The lowest BCUT2D eigenvalue weighted by molar-refractivity contribution is -0.144. The molecule has 17 heteroatoms. The molecule has 16 nitrogen and oxygen atoms in total. The topological polar surface area (TPSA) is 234 Å². The number of hydrazone groups is 2. The van der Waals surface area contributed by atoms with Crippen molar-refractivity contribution < 1.29 is 48.8 Å². The summed E-state index contributed by atoms with van der Waals surface area (Å²) in [5.74, 6) is -2.17. The van der Waals surface area contributed by atoms with Crippen LogP contribution in [0, 0.1) is 17.7 Å². The summed E-state index contributed by atoms with van der Waals surface area (Å²) in [6.45, 7) is 15.6. The van der Waals surface area contributed by atoms with E-state index < -0.39 is 35.7 Å².